The van der Waals surface area contributed by atoms with Crippen molar-refractivity contribution in [2.45, 2.75) is 45.4 Å². The predicted octanol–water partition coefficient (Wildman–Crippen LogP) is 3.31. The molecular formula is C19H25BFNO3. The number of rotatable bonds is 10. The van der Waals surface area contributed by atoms with Gasteiger partial charge in [0.15, 0.2) is 0 Å². The topological polar surface area (TPSA) is 62.6 Å². The number of pyridine rings is 1. The van der Waals surface area contributed by atoms with Crippen LogP contribution in [0.4, 0.5) is 4.39 Å². The summed E-state index contributed by atoms with van der Waals surface area (Å²) in [5, 5.41) is 18.0. The summed E-state index contributed by atoms with van der Waals surface area (Å²) in [5.41, 5.74) is 0.941. The van der Waals surface area contributed by atoms with Crippen LogP contribution in [0.1, 0.15) is 45.4 Å². The van der Waals surface area contributed by atoms with E-state index < -0.39 is 13.1 Å². The van der Waals surface area contributed by atoms with Crippen LogP contribution in [0.25, 0.3) is 11.3 Å². The van der Waals surface area contributed by atoms with Crippen molar-refractivity contribution < 1.29 is 19.2 Å². The fourth-order valence-corrected chi connectivity index (χ4v) is 2.59. The molecule has 6 heteroatoms. The van der Waals surface area contributed by atoms with Crippen LogP contribution < -0.4 is 10.2 Å². The molecule has 0 spiro atoms. The lowest BCUT2D eigenvalue weighted by atomic mass is 9.81. The molecule has 0 saturated carbocycles. The Hall–Kier alpha value is -1.92. The molecule has 1 heterocycles. The molecule has 134 valence electrons. The van der Waals surface area contributed by atoms with E-state index in [1.807, 2.05) is 24.3 Å². The third-order valence-electron chi connectivity index (χ3n) is 4.07. The van der Waals surface area contributed by atoms with Crippen molar-refractivity contribution in [3.8, 4) is 17.0 Å². The monoisotopic (exact) mass is 345 g/mol. The number of benzene rings is 1. The Balaban J connectivity index is 1.84. The maximum absolute atomic E-state index is 13.7. The Morgan fingerprint density at radius 3 is 2.28 bits per heavy atom. The molecule has 0 fully saturated rings. The van der Waals surface area contributed by atoms with E-state index in [2.05, 4.69) is 11.9 Å². The minimum atomic E-state index is -1.86. The van der Waals surface area contributed by atoms with Crippen LogP contribution in [-0.4, -0.2) is 28.8 Å². The van der Waals surface area contributed by atoms with Gasteiger partial charge in [-0.25, -0.2) is 4.98 Å². The number of unbranched alkanes of at least 4 members (excludes halogenated alkanes) is 5. The van der Waals surface area contributed by atoms with Gasteiger partial charge in [-0.1, -0.05) is 45.1 Å². The largest absolute Gasteiger partial charge is 0.494 e. The lowest BCUT2D eigenvalue weighted by Gasteiger charge is -2.08. The van der Waals surface area contributed by atoms with E-state index >= 15 is 0 Å². The van der Waals surface area contributed by atoms with Crippen LogP contribution in [0.2, 0.25) is 0 Å². The summed E-state index contributed by atoms with van der Waals surface area (Å²) in [6, 6.07) is 10.2. The summed E-state index contributed by atoms with van der Waals surface area (Å²) in [6.07, 6.45) is 7.33. The van der Waals surface area contributed by atoms with Crippen molar-refractivity contribution in [3.05, 3.63) is 42.3 Å². The Bertz CT molecular complexity index is 650. The van der Waals surface area contributed by atoms with E-state index in [1.165, 1.54) is 38.2 Å². The van der Waals surface area contributed by atoms with Gasteiger partial charge in [-0.3, -0.25) is 0 Å². The van der Waals surface area contributed by atoms with Gasteiger partial charge in [0.2, 0.25) is 5.95 Å². The van der Waals surface area contributed by atoms with Gasteiger partial charge in [0.1, 0.15) is 5.75 Å². The van der Waals surface area contributed by atoms with Gasteiger partial charge in [-0.05, 0) is 36.8 Å². The van der Waals surface area contributed by atoms with Crippen LogP contribution in [-0.2, 0) is 0 Å². The summed E-state index contributed by atoms with van der Waals surface area (Å²) >= 11 is 0. The highest BCUT2D eigenvalue weighted by atomic mass is 19.1. The second-order valence-electron chi connectivity index (χ2n) is 6.09. The molecule has 4 nitrogen and oxygen atoms in total. The molecule has 0 aliphatic carbocycles. The van der Waals surface area contributed by atoms with Gasteiger partial charge in [0, 0.05) is 11.0 Å². The highest BCUT2D eigenvalue weighted by Gasteiger charge is 2.18. The molecule has 2 aromatic rings. The summed E-state index contributed by atoms with van der Waals surface area (Å²) in [4.78, 5) is 3.78. The smallest absolute Gasteiger partial charge is 0.493 e. The first-order valence-electron chi connectivity index (χ1n) is 8.87. The van der Waals surface area contributed by atoms with Gasteiger partial charge in [-0.2, -0.15) is 4.39 Å². The van der Waals surface area contributed by atoms with E-state index in [9.17, 15) is 4.39 Å². The Labute approximate surface area is 148 Å². The summed E-state index contributed by atoms with van der Waals surface area (Å²) in [7, 11) is -1.86. The number of nitrogens with zero attached hydrogens (tertiary/aromatic N) is 1. The normalized spacial score (nSPS) is 10.7. The third-order valence-corrected chi connectivity index (χ3v) is 4.07. The van der Waals surface area contributed by atoms with Gasteiger partial charge in [0.25, 0.3) is 0 Å². The fraction of sp³-hybridized carbons (Fsp3) is 0.421. The van der Waals surface area contributed by atoms with E-state index in [0.717, 1.165) is 17.7 Å². The summed E-state index contributed by atoms with van der Waals surface area (Å²) in [6.45, 7) is 2.91. The zero-order valence-corrected chi connectivity index (χ0v) is 14.6. The highest BCUT2D eigenvalue weighted by molar-refractivity contribution is 6.58. The minimum Gasteiger partial charge on any atom is -0.494 e. The van der Waals surface area contributed by atoms with Crippen LogP contribution in [0.3, 0.4) is 0 Å². The Morgan fingerprint density at radius 1 is 0.960 bits per heavy atom. The van der Waals surface area contributed by atoms with Crippen molar-refractivity contribution in [3.63, 3.8) is 0 Å². The van der Waals surface area contributed by atoms with Crippen molar-refractivity contribution in [2.75, 3.05) is 6.61 Å². The van der Waals surface area contributed by atoms with E-state index in [0.29, 0.717) is 12.3 Å². The second kappa shape index (κ2) is 10.2. The maximum atomic E-state index is 13.7. The van der Waals surface area contributed by atoms with Crippen molar-refractivity contribution in [1.82, 2.24) is 4.98 Å². The standard InChI is InChI=1S/C19H25BFNO3/c1-2-3-4-5-6-7-14-25-16-10-8-15(9-11-16)18-13-12-17(20(23)24)19(21)22-18/h8-13,23-24H,2-7,14H2,1H3. The number of hydrogen-bond donors (Lipinski definition) is 2. The average Bonchev–Trinajstić information content (AvgIpc) is 2.61. The molecule has 2 N–H and O–H groups in total. The quantitative estimate of drug-likeness (QED) is 0.394. The van der Waals surface area contributed by atoms with Gasteiger partial charge in [-0.15, -0.1) is 0 Å². The zero-order chi connectivity index (χ0) is 18.1. The molecule has 0 aliphatic heterocycles. The minimum absolute atomic E-state index is 0.234. The van der Waals surface area contributed by atoms with E-state index in [1.54, 1.807) is 6.07 Å². The van der Waals surface area contributed by atoms with Crippen molar-refractivity contribution >= 4 is 12.6 Å². The van der Waals surface area contributed by atoms with Crippen LogP contribution in [0.5, 0.6) is 5.75 Å². The Morgan fingerprint density at radius 2 is 1.64 bits per heavy atom. The number of aromatic nitrogens is 1. The molecule has 0 amide bonds. The lowest BCUT2D eigenvalue weighted by Crippen LogP contribution is -2.33. The van der Waals surface area contributed by atoms with Crippen LogP contribution >= 0.6 is 0 Å². The lowest BCUT2D eigenvalue weighted by molar-refractivity contribution is 0.304. The number of halogens is 1. The average molecular weight is 345 g/mol. The van der Waals surface area contributed by atoms with E-state index in [4.69, 9.17) is 14.8 Å². The molecule has 0 unspecified atom stereocenters. The second-order valence-corrected chi connectivity index (χ2v) is 6.09. The van der Waals surface area contributed by atoms with E-state index in [-0.39, 0.29) is 5.46 Å². The van der Waals surface area contributed by atoms with Gasteiger partial charge < -0.3 is 14.8 Å². The zero-order valence-electron chi connectivity index (χ0n) is 14.6. The third kappa shape index (κ3) is 6.14. The molecule has 0 aliphatic rings. The number of hydrogen-bond acceptors (Lipinski definition) is 4. The van der Waals surface area contributed by atoms with Crippen molar-refractivity contribution in [2.24, 2.45) is 0 Å². The first-order valence-corrected chi connectivity index (χ1v) is 8.87. The first kappa shape index (κ1) is 19.4. The molecule has 0 saturated heterocycles. The molecule has 1 aromatic heterocycles. The fourth-order valence-electron chi connectivity index (χ4n) is 2.59. The van der Waals surface area contributed by atoms with Crippen LogP contribution in [0, 0.1) is 5.95 Å². The first-order chi connectivity index (χ1) is 12.1. The highest BCUT2D eigenvalue weighted by Crippen LogP contribution is 2.21. The molecule has 2 rings (SSSR count). The number of ether oxygens (including phenoxy) is 1. The molecular weight excluding hydrogens is 320 g/mol. The summed E-state index contributed by atoms with van der Waals surface area (Å²) < 4.78 is 19.4. The summed E-state index contributed by atoms with van der Waals surface area (Å²) in [5.74, 6) is -0.101. The SMILES string of the molecule is CCCCCCCCOc1ccc(-c2ccc(B(O)O)c(F)n2)cc1. The molecule has 0 radical (unpaired) electrons. The van der Waals surface area contributed by atoms with Gasteiger partial charge in [0.05, 0.1) is 12.3 Å². The molecule has 25 heavy (non-hydrogen) atoms. The Kier molecular flexibility index (Phi) is 7.89. The van der Waals surface area contributed by atoms with Crippen LogP contribution in [0.15, 0.2) is 36.4 Å². The predicted molar refractivity (Wildman–Crippen MR) is 98.3 cm³/mol. The van der Waals surface area contributed by atoms with Gasteiger partial charge >= 0.3 is 7.12 Å². The van der Waals surface area contributed by atoms with Crippen molar-refractivity contribution in [1.29, 1.82) is 0 Å². The molecule has 0 atom stereocenters. The molecule has 1 aromatic carbocycles. The maximum Gasteiger partial charge on any atom is 0.493 e. The molecule has 0 bridgehead atoms.